The molecule has 2 aromatic rings. The first-order chi connectivity index (χ1) is 9.02. The Balaban J connectivity index is 2.40. The molecule has 0 atom stereocenters. The first kappa shape index (κ1) is 12.5. The fourth-order valence-electron chi connectivity index (χ4n) is 2.44. The van der Waals surface area contributed by atoms with Gasteiger partial charge < -0.3 is 0 Å². The molecule has 19 heavy (non-hydrogen) atoms. The lowest BCUT2D eigenvalue weighted by molar-refractivity contribution is 0.0974. The Hall–Kier alpha value is -1.56. The summed E-state index contributed by atoms with van der Waals surface area (Å²) in [6.07, 6.45) is 1.64. The molecule has 0 aliphatic heterocycles. The van der Waals surface area contributed by atoms with E-state index in [4.69, 9.17) is 0 Å². The molecular weight excluding hydrogens is 353 g/mol. The second-order valence-electron chi connectivity index (χ2n) is 4.61. The van der Waals surface area contributed by atoms with Crippen LogP contribution in [0, 0.1) is 17.4 Å². The molecule has 0 bridgehead atoms. The second kappa shape index (κ2) is 4.23. The highest BCUT2D eigenvalue weighted by molar-refractivity contribution is 14.1. The summed E-state index contributed by atoms with van der Waals surface area (Å²) < 4.78 is 0.898. The van der Waals surface area contributed by atoms with Crippen molar-refractivity contribution in [2.24, 2.45) is 0 Å². The number of carbonyl (C=O) groups excluding carboxylic acids is 2. The molecule has 0 N–H and O–H groups in total. The zero-order valence-corrected chi connectivity index (χ0v) is 12.6. The highest BCUT2D eigenvalue weighted by Gasteiger charge is 2.33. The Morgan fingerprint density at radius 2 is 1.79 bits per heavy atom. The van der Waals surface area contributed by atoms with Gasteiger partial charge in [-0.1, -0.05) is 18.2 Å². The van der Waals surface area contributed by atoms with E-state index in [2.05, 4.69) is 27.6 Å². The van der Waals surface area contributed by atoms with Gasteiger partial charge in [0, 0.05) is 20.9 Å². The molecule has 1 aromatic heterocycles. The number of aryl methyl sites for hydroxylation is 1. The van der Waals surface area contributed by atoms with Gasteiger partial charge in [0.2, 0.25) is 5.78 Å². The van der Waals surface area contributed by atoms with E-state index >= 15 is 0 Å². The molecule has 0 radical (unpaired) electrons. The molecule has 3 nitrogen and oxygen atoms in total. The van der Waals surface area contributed by atoms with Crippen LogP contribution in [0.25, 0.3) is 0 Å². The van der Waals surface area contributed by atoms with Crippen LogP contribution in [0.1, 0.15) is 43.1 Å². The first-order valence-electron chi connectivity index (χ1n) is 5.86. The molecule has 1 aromatic carbocycles. The van der Waals surface area contributed by atoms with E-state index < -0.39 is 0 Å². The number of carbonyl (C=O) groups is 2. The normalized spacial score (nSPS) is 13.2. The maximum Gasteiger partial charge on any atom is 0.212 e. The van der Waals surface area contributed by atoms with E-state index in [1.807, 2.05) is 19.9 Å². The minimum absolute atomic E-state index is 0.0915. The molecule has 1 aliphatic rings. The van der Waals surface area contributed by atoms with Crippen molar-refractivity contribution < 1.29 is 9.59 Å². The van der Waals surface area contributed by atoms with Crippen LogP contribution in [0.5, 0.6) is 0 Å². The number of aromatic nitrogens is 1. The van der Waals surface area contributed by atoms with Crippen molar-refractivity contribution in [2.75, 3.05) is 0 Å². The van der Waals surface area contributed by atoms with Crippen LogP contribution in [-0.2, 0) is 0 Å². The van der Waals surface area contributed by atoms with Crippen LogP contribution in [0.4, 0.5) is 0 Å². The monoisotopic (exact) mass is 363 g/mol. The lowest BCUT2D eigenvalue weighted by atomic mass is 9.83. The number of halogens is 1. The summed E-state index contributed by atoms with van der Waals surface area (Å²) >= 11 is 2.13. The van der Waals surface area contributed by atoms with E-state index in [1.54, 1.807) is 18.3 Å². The van der Waals surface area contributed by atoms with Crippen LogP contribution in [0.15, 0.2) is 24.4 Å². The van der Waals surface area contributed by atoms with Gasteiger partial charge >= 0.3 is 0 Å². The molecule has 0 fully saturated rings. The van der Waals surface area contributed by atoms with Crippen LogP contribution < -0.4 is 0 Å². The first-order valence-corrected chi connectivity index (χ1v) is 6.94. The highest BCUT2D eigenvalue weighted by atomic mass is 127. The van der Waals surface area contributed by atoms with Gasteiger partial charge in [0.05, 0.1) is 5.56 Å². The Morgan fingerprint density at radius 3 is 2.53 bits per heavy atom. The van der Waals surface area contributed by atoms with E-state index in [1.165, 1.54) is 0 Å². The maximum atomic E-state index is 12.7. The van der Waals surface area contributed by atoms with Crippen molar-refractivity contribution in [3.05, 3.63) is 61.5 Å². The van der Waals surface area contributed by atoms with E-state index in [9.17, 15) is 9.59 Å². The minimum Gasteiger partial charge on any atom is -0.288 e. The molecule has 94 valence electrons. The van der Waals surface area contributed by atoms with Gasteiger partial charge in [-0.25, -0.2) is 0 Å². The van der Waals surface area contributed by atoms with Crippen molar-refractivity contribution in [2.45, 2.75) is 13.8 Å². The molecule has 1 heterocycles. The standard InChI is InChI=1S/C15H10INO2/c1-7-4-3-5-9-11(7)15(19)12-8(2)10(16)6-17-13(12)14(9)18/h3-6H,1-2H3. The molecule has 3 rings (SSSR count). The van der Waals surface area contributed by atoms with Crippen molar-refractivity contribution in [3.8, 4) is 0 Å². The third-order valence-electron chi connectivity index (χ3n) is 3.46. The van der Waals surface area contributed by atoms with E-state index in [0.717, 1.165) is 14.7 Å². The molecule has 0 saturated heterocycles. The zero-order valence-electron chi connectivity index (χ0n) is 10.5. The summed E-state index contributed by atoms with van der Waals surface area (Å²) in [7, 11) is 0. The smallest absolute Gasteiger partial charge is 0.212 e. The van der Waals surface area contributed by atoms with Crippen LogP contribution in [0.3, 0.4) is 0 Å². The Morgan fingerprint density at radius 1 is 1.05 bits per heavy atom. The van der Waals surface area contributed by atoms with Gasteiger partial charge in [-0.3, -0.25) is 14.6 Å². The van der Waals surface area contributed by atoms with Crippen LogP contribution >= 0.6 is 22.6 Å². The Labute approximate surface area is 124 Å². The summed E-state index contributed by atoms with van der Waals surface area (Å²) in [5.41, 5.74) is 3.38. The van der Waals surface area contributed by atoms with Crippen molar-refractivity contribution >= 4 is 34.2 Å². The summed E-state index contributed by atoms with van der Waals surface area (Å²) in [5.74, 6) is -0.251. The van der Waals surface area contributed by atoms with Gasteiger partial charge in [0.25, 0.3) is 0 Å². The predicted octanol–water partition coefficient (Wildman–Crippen LogP) is 3.08. The fraction of sp³-hybridized carbons (Fsp3) is 0.133. The average Bonchev–Trinajstić information content (AvgIpc) is 2.39. The van der Waals surface area contributed by atoms with Gasteiger partial charge in [0.1, 0.15) is 5.69 Å². The van der Waals surface area contributed by atoms with Gasteiger partial charge in [-0.2, -0.15) is 0 Å². The molecule has 0 saturated carbocycles. The number of pyridine rings is 1. The van der Waals surface area contributed by atoms with Gasteiger partial charge in [-0.05, 0) is 47.6 Å². The Bertz CT molecular complexity index is 750. The third kappa shape index (κ3) is 1.66. The number of ketones is 2. The number of hydrogen-bond donors (Lipinski definition) is 0. The Kier molecular flexibility index (Phi) is 2.78. The van der Waals surface area contributed by atoms with Crippen LogP contribution in [-0.4, -0.2) is 16.6 Å². The molecular formula is C15H10INO2. The second-order valence-corrected chi connectivity index (χ2v) is 5.77. The quantitative estimate of drug-likeness (QED) is 0.577. The number of fused-ring (bicyclic) bond motifs is 2. The summed E-state index contributed by atoms with van der Waals surface area (Å²) in [6.45, 7) is 3.71. The van der Waals surface area contributed by atoms with Crippen molar-refractivity contribution in [1.29, 1.82) is 0 Å². The number of benzene rings is 1. The third-order valence-corrected chi connectivity index (χ3v) is 4.55. The fourth-order valence-corrected chi connectivity index (χ4v) is 2.85. The predicted molar refractivity (Wildman–Crippen MR) is 79.7 cm³/mol. The average molecular weight is 363 g/mol. The van der Waals surface area contributed by atoms with E-state index in [-0.39, 0.29) is 17.3 Å². The summed E-state index contributed by atoms with van der Waals surface area (Å²) in [4.78, 5) is 29.3. The lowest BCUT2D eigenvalue weighted by Gasteiger charge is -2.20. The number of nitrogens with zero attached hydrogens (tertiary/aromatic N) is 1. The van der Waals surface area contributed by atoms with Gasteiger partial charge in [0.15, 0.2) is 5.78 Å². The summed E-state index contributed by atoms with van der Waals surface area (Å²) in [6, 6.07) is 5.34. The zero-order chi connectivity index (χ0) is 13.7. The SMILES string of the molecule is Cc1cccc2c1C(=O)c1c(ncc(I)c1C)C2=O. The minimum atomic E-state index is -0.159. The van der Waals surface area contributed by atoms with E-state index in [0.29, 0.717) is 16.7 Å². The molecule has 0 amide bonds. The topological polar surface area (TPSA) is 47.0 Å². The molecule has 0 unspecified atom stereocenters. The number of rotatable bonds is 0. The summed E-state index contributed by atoms with van der Waals surface area (Å²) in [5, 5.41) is 0. The highest BCUT2D eigenvalue weighted by Crippen LogP contribution is 2.31. The largest absolute Gasteiger partial charge is 0.288 e. The lowest BCUT2D eigenvalue weighted by Crippen LogP contribution is -2.24. The van der Waals surface area contributed by atoms with Crippen molar-refractivity contribution in [1.82, 2.24) is 4.98 Å². The molecule has 1 aliphatic carbocycles. The molecule has 0 spiro atoms. The number of hydrogen-bond acceptors (Lipinski definition) is 3. The maximum absolute atomic E-state index is 12.7. The van der Waals surface area contributed by atoms with Crippen LogP contribution in [0.2, 0.25) is 0 Å². The molecule has 4 heteroatoms. The van der Waals surface area contributed by atoms with Crippen molar-refractivity contribution in [3.63, 3.8) is 0 Å². The van der Waals surface area contributed by atoms with Gasteiger partial charge in [-0.15, -0.1) is 0 Å².